The molecule has 1 unspecified atom stereocenters. The molecule has 5 aromatic rings. The molecule has 0 saturated carbocycles. The van der Waals surface area contributed by atoms with Crippen molar-refractivity contribution in [3.05, 3.63) is 124 Å². The van der Waals surface area contributed by atoms with Crippen LogP contribution in [0.3, 0.4) is 0 Å². The smallest absolute Gasteiger partial charge is 0.338 e. The number of carbonyl (C=O) groups excluding carboxylic acids is 1. The van der Waals surface area contributed by atoms with Crippen molar-refractivity contribution in [2.24, 2.45) is 4.99 Å². The highest BCUT2D eigenvalue weighted by atomic mass is 79.9. The molecule has 1 aliphatic rings. The van der Waals surface area contributed by atoms with Crippen molar-refractivity contribution in [2.75, 3.05) is 20.8 Å². The van der Waals surface area contributed by atoms with E-state index >= 15 is 0 Å². The third kappa shape index (κ3) is 5.62. The number of hydrogen-bond donors (Lipinski definition) is 0. The lowest BCUT2D eigenvalue weighted by molar-refractivity contribution is -0.139. The average Bonchev–Trinajstić information content (AvgIpc) is 3.53. The van der Waals surface area contributed by atoms with Gasteiger partial charge < -0.3 is 18.8 Å². The lowest BCUT2D eigenvalue weighted by atomic mass is 9.95. The van der Waals surface area contributed by atoms with Crippen LogP contribution in [0.1, 0.15) is 36.6 Å². The zero-order chi connectivity index (χ0) is 31.8. The highest BCUT2D eigenvalue weighted by molar-refractivity contribution is 9.10. The summed E-state index contributed by atoms with van der Waals surface area (Å²) in [7, 11) is 3.09. The van der Waals surface area contributed by atoms with Crippen LogP contribution >= 0.6 is 38.9 Å². The van der Waals surface area contributed by atoms with Crippen LogP contribution in [0.4, 0.5) is 0 Å². The number of para-hydroxylation sites is 1. The van der Waals surface area contributed by atoms with E-state index in [9.17, 15) is 9.59 Å². The molecule has 0 fully saturated rings. The maximum absolute atomic E-state index is 14.3. The molecule has 0 bridgehead atoms. The molecule has 2 aromatic heterocycles. The summed E-state index contributed by atoms with van der Waals surface area (Å²) < 4.78 is 21.3. The lowest BCUT2D eigenvalue weighted by Crippen LogP contribution is -2.40. The fourth-order valence-corrected chi connectivity index (χ4v) is 7.41. The van der Waals surface area contributed by atoms with Gasteiger partial charge in [-0.3, -0.25) is 9.36 Å². The molecule has 11 heteroatoms. The van der Waals surface area contributed by atoms with Gasteiger partial charge in [-0.25, -0.2) is 9.79 Å². The lowest BCUT2D eigenvalue weighted by Gasteiger charge is -2.26. The Morgan fingerprint density at radius 2 is 1.80 bits per heavy atom. The van der Waals surface area contributed by atoms with E-state index in [1.165, 1.54) is 18.4 Å². The van der Waals surface area contributed by atoms with Gasteiger partial charge in [0.15, 0.2) is 16.3 Å². The van der Waals surface area contributed by atoms with Crippen LogP contribution in [0, 0.1) is 0 Å². The van der Waals surface area contributed by atoms with Crippen LogP contribution in [-0.2, 0) is 16.1 Å². The Hall–Kier alpha value is -4.12. The Morgan fingerprint density at radius 1 is 1.09 bits per heavy atom. The third-order valence-electron chi connectivity index (χ3n) is 7.72. The maximum Gasteiger partial charge on any atom is 0.338 e. The van der Waals surface area contributed by atoms with E-state index in [0.29, 0.717) is 48.1 Å². The number of esters is 1. The van der Waals surface area contributed by atoms with Crippen molar-refractivity contribution >= 4 is 61.8 Å². The van der Waals surface area contributed by atoms with Crippen molar-refractivity contribution in [1.82, 2.24) is 9.13 Å². The molecule has 0 aliphatic carbocycles. The molecule has 0 N–H and O–H groups in total. The molecule has 1 atom stereocenters. The quantitative estimate of drug-likeness (QED) is 0.179. The van der Waals surface area contributed by atoms with Crippen LogP contribution in [0.15, 0.2) is 92.4 Å². The summed E-state index contributed by atoms with van der Waals surface area (Å²) in [5, 5.41) is 1.69. The first-order valence-electron chi connectivity index (χ1n) is 14.2. The molecule has 0 saturated heterocycles. The molecule has 1 aliphatic heterocycles. The number of carbonyl (C=O) groups is 1. The Bertz CT molecular complexity index is 2180. The van der Waals surface area contributed by atoms with E-state index in [0.717, 1.165) is 22.0 Å². The molecule has 0 amide bonds. The van der Waals surface area contributed by atoms with Gasteiger partial charge in [0.25, 0.3) is 5.56 Å². The van der Waals surface area contributed by atoms with Crippen LogP contribution in [0.25, 0.3) is 17.0 Å². The van der Waals surface area contributed by atoms with Crippen molar-refractivity contribution in [2.45, 2.75) is 26.4 Å². The number of rotatable bonds is 8. The minimum atomic E-state index is -0.821. The molecule has 45 heavy (non-hydrogen) atoms. The SMILES string of the molecule is CCOC(=O)C1=C(C)N=c2sc(=Cc3cn(Cc4ccccc4Cl)c4ccccc34)c(=O)n2C1c1cc(OC)c(OC)cc1Br. The molecule has 0 spiro atoms. The molecular formula is C34H29BrClN3O5S. The molecule has 6 rings (SSSR count). The zero-order valence-corrected chi connectivity index (χ0v) is 28.1. The number of methoxy groups -OCH3 is 2. The summed E-state index contributed by atoms with van der Waals surface area (Å²) in [6, 6.07) is 18.5. The number of fused-ring (bicyclic) bond motifs is 2. The monoisotopic (exact) mass is 705 g/mol. The average molecular weight is 707 g/mol. The first kappa shape index (κ1) is 30.9. The summed E-state index contributed by atoms with van der Waals surface area (Å²) >= 11 is 11.4. The number of ether oxygens (including phenoxy) is 3. The second kappa shape index (κ2) is 12.7. The normalized spacial score (nSPS) is 14.8. The molecule has 3 aromatic carbocycles. The molecule has 3 heterocycles. The summed E-state index contributed by atoms with van der Waals surface area (Å²) in [5.41, 5.74) is 4.01. The van der Waals surface area contributed by atoms with Gasteiger partial charge >= 0.3 is 5.97 Å². The van der Waals surface area contributed by atoms with Gasteiger partial charge in [-0.15, -0.1) is 0 Å². The van der Waals surface area contributed by atoms with Gasteiger partial charge in [0.2, 0.25) is 0 Å². The van der Waals surface area contributed by atoms with Crippen molar-refractivity contribution in [3.8, 4) is 11.5 Å². The minimum Gasteiger partial charge on any atom is -0.493 e. The van der Waals surface area contributed by atoms with Crippen molar-refractivity contribution < 1.29 is 19.0 Å². The number of nitrogens with zero attached hydrogens (tertiary/aromatic N) is 3. The Labute approximate surface area is 276 Å². The number of benzene rings is 3. The first-order chi connectivity index (χ1) is 21.7. The topological polar surface area (TPSA) is 84.1 Å². The van der Waals surface area contributed by atoms with Gasteiger partial charge in [-0.2, -0.15) is 0 Å². The first-order valence-corrected chi connectivity index (χ1v) is 16.2. The van der Waals surface area contributed by atoms with E-state index in [1.807, 2.05) is 54.7 Å². The Kier molecular flexibility index (Phi) is 8.72. The van der Waals surface area contributed by atoms with Crippen molar-refractivity contribution in [3.63, 3.8) is 0 Å². The summed E-state index contributed by atoms with van der Waals surface area (Å²) in [6.45, 7) is 4.25. The fraction of sp³-hybridized carbons (Fsp3) is 0.206. The number of hydrogen-bond acceptors (Lipinski definition) is 7. The van der Waals surface area contributed by atoms with E-state index < -0.39 is 12.0 Å². The molecule has 230 valence electrons. The van der Waals surface area contributed by atoms with Crippen LogP contribution in [0.2, 0.25) is 5.02 Å². The van der Waals surface area contributed by atoms with E-state index in [-0.39, 0.29) is 17.7 Å². The molecular weight excluding hydrogens is 678 g/mol. The standard InChI is InChI=1S/C34H29BrClN3O5S/c1-5-44-33(41)30-19(2)37-34-39(31(30)23-15-27(42-3)28(43-4)16-24(23)35)32(40)29(45-34)14-21-18-38(26-13-9-7-11-22(21)26)17-20-10-6-8-12-25(20)36/h6-16,18,31H,5,17H2,1-4H3. The highest BCUT2D eigenvalue weighted by Crippen LogP contribution is 2.41. The van der Waals surface area contributed by atoms with Gasteiger partial charge in [0, 0.05) is 38.7 Å². The predicted molar refractivity (Wildman–Crippen MR) is 180 cm³/mol. The Balaban J connectivity index is 1.55. The highest BCUT2D eigenvalue weighted by Gasteiger charge is 2.35. The summed E-state index contributed by atoms with van der Waals surface area (Å²) in [4.78, 5) is 32.9. The largest absolute Gasteiger partial charge is 0.493 e. The zero-order valence-electron chi connectivity index (χ0n) is 25.0. The third-order valence-corrected chi connectivity index (χ3v) is 9.76. The number of thiazole rings is 1. The minimum absolute atomic E-state index is 0.179. The van der Waals surface area contributed by atoms with Crippen LogP contribution in [0.5, 0.6) is 11.5 Å². The van der Waals surface area contributed by atoms with Crippen molar-refractivity contribution in [1.29, 1.82) is 0 Å². The number of aromatic nitrogens is 2. The molecule has 8 nitrogen and oxygen atoms in total. The van der Waals surface area contributed by atoms with E-state index in [1.54, 1.807) is 37.7 Å². The Morgan fingerprint density at radius 3 is 2.53 bits per heavy atom. The second-order valence-electron chi connectivity index (χ2n) is 10.4. The van der Waals surface area contributed by atoms with Gasteiger partial charge in [-0.05, 0) is 55.3 Å². The number of allylic oxidation sites excluding steroid dienone is 1. The van der Waals surface area contributed by atoms with Gasteiger partial charge in [0.1, 0.15) is 0 Å². The van der Waals surface area contributed by atoms with Gasteiger partial charge in [-0.1, -0.05) is 75.3 Å². The fourth-order valence-electron chi connectivity index (χ4n) is 5.64. The van der Waals surface area contributed by atoms with E-state index in [4.69, 9.17) is 30.8 Å². The summed E-state index contributed by atoms with van der Waals surface area (Å²) in [5.74, 6) is 0.427. The molecule has 0 radical (unpaired) electrons. The predicted octanol–water partition coefficient (Wildman–Crippen LogP) is 6.23. The summed E-state index contributed by atoms with van der Waals surface area (Å²) in [6.07, 6.45) is 3.92. The van der Waals surface area contributed by atoms with E-state index in [2.05, 4.69) is 26.6 Å². The number of halogens is 2. The van der Waals surface area contributed by atoms with Crippen LogP contribution < -0.4 is 24.4 Å². The second-order valence-corrected chi connectivity index (χ2v) is 12.6. The maximum atomic E-state index is 14.3. The van der Waals surface area contributed by atoms with Gasteiger partial charge in [0.05, 0.1) is 42.7 Å². The van der Waals surface area contributed by atoms with Crippen LogP contribution in [-0.4, -0.2) is 35.9 Å².